The monoisotopic (exact) mass is 370 g/mol. The fraction of sp³-hybridized carbons (Fsp3) is 0.316. The fourth-order valence-electron chi connectivity index (χ4n) is 2.73. The van der Waals surface area contributed by atoms with E-state index in [0.29, 0.717) is 11.6 Å². The number of anilines is 1. The number of nitrogens with zero attached hydrogens (tertiary/aromatic N) is 3. The van der Waals surface area contributed by atoms with Gasteiger partial charge in [0, 0.05) is 12.2 Å². The van der Waals surface area contributed by atoms with Gasteiger partial charge in [-0.05, 0) is 43.5 Å². The van der Waals surface area contributed by atoms with Gasteiger partial charge >= 0.3 is 0 Å². The van der Waals surface area contributed by atoms with Crippen LogP contribution >= 0.6 is 11.8 Å². The molecule has 2 heterocycles. The lowest BCUT2D eigenvalue weighted by atomic mass is 10.1. The van der Waals surface area contributed by atoms with Crippen LogP contribution in [-0.2, 0) is 11.3 Å². The number of aromatic nitrogens is 3. The minimum absolute atomic E-state index is 0.0574. The van der Waals surface area contributed by atoms with Gasteiger partial charge in [-0.3, -0.25) is 9.36 Å². The summed E-state index contributed by atoms with van der Waals surface area (Å²) in [4.78, 5) is 12.4. The number of furan rings is 1. The topological polar surface area (TPSA) is 73.0 Å². The molecule has 0 radical (unpaired) electrons. The van der Waals surface area contributed by atoms with Gasteiger partial charge in [0.2, 0.25) is 5.91 Å². The van der Waals surface area contributed by atoms with Crippen LogP contribution in [-0.4, -0.2) is 26.4 Å². The van der Waals surface area contributed by atoms with Crippen molar-refractivity contribution in [2.75, 3.05) is 11.1 Å². The summed E-state index contributed by atoms with van der Waals surface area (Å²) in [6, 6.07) is 9.65. The smallest absolute Gasteiger partial charge is 0.234 e. The zero-order chi connectivity index (χ0) is 18.5. The number of carbonyl (C=O) groups excluding carboxylic acids is 1. The average molecular weight is 370 g/mol. The molecule has 2 aromatic heterocycles. The van der Waals surface area contributed by atoms with Crippen LogP contribution in [0.4, 0.5) is 5.69 Å². The number of thioether (sulfide) groups is 1. The Hall–Kier alpha value is -2.54. The third-order valence-electron chi connectivity index (χ3n) is 3.98. The van der Waals surface area contributed by atoms with E-state index in [4.69, 9.17) is 4.42 Å². The van der Waals surface area contributed by atoms with Crippen LogP contribution in [0, 0.1) is 13.8 Å². The third-order valence-corrected chi connectivity index (χ3v) is 4.95. The van der Waals surface area contributed by atoms with Gasteiger partial charge in [0.05, 0.1) is 12.0 Å². The van der Waals surface area contributed by atoms with Gasteiger partial charge in [-0.1, -0.05) is 36.9 Å². The van der Waals surface area contributed by atoms with Crippen LogP contribution in [0.2, 0.25) is 0 Å². The van der Waals surface area contributed by atoms with Gasteiger partial charge in [-0.25, -0.2) is 0 Å². The first-order valence-electron chi connectivity index (χ1n) is 8.56. The molecular weight excluding hydrogens is 348 g/mol. The van der Waals surface area contributed by atoms with Gasteiger partial charge in [-0.15, -0.1) is 10.2 Å². The first-order valence-corrected chi connectivity index (χ1v) is 9.54. The van der Waals surface area contributed by atoms with Gasteiger partial charge in [0.1, 0.15) is 0 Å². The van der Waals surface area contributed by atoms with Crippen molar-refractivity contribution < 1.29 is 9.21 Å². The van der Waals surface area contributed by atoms with E-state index in [0.717, 1.165) is 34.9 Å². The van der Waals surface area contributed by atoms with Gasteiger partial charge < -0.3 is 9.73 Å². The molecule has 0 atom stereocenters. The highest BCUT2D eigenvalue weighted by molar-refractivity contribution is 7.99. The highest BCUT2D eigenvalue weighted by Gasteiger charge is 2.17. The number of amides is 1. The van der Waals surface area contributed by atoms with E-state index in [1.807, 2.05) is 48.7 Å². The molecule has 0 saturated heterocycles. The molecule has 0 aliphatic heterocycles. The molecule has 0 saturated carbocycles. The van der Waals surface area contributed by atoms with Crippen molar-refractivity contribution in [3.05, 3.63) is 47.7 Å². The van der Waals surface area contributed by atoms with Crippen molar-refractivity contribution in [2.24, 2.45) is 0 Å². The molecule has 1 aromatic carbocycles. The molecular formula is C19H22N4O2S. The van der Waals surface area contributed by atoms with Crippen LogP contribution in [0.1, 0.15) is 24.5 Å². The van der Waals surface area contributed by atoms with Crippen LogP contribution < -0.4 is 5.32 Å². The summed E-state index contributed by atoms with van der Waals surface area (Å²) in [6.45, 7) is 6.84. The zero-order valence-corrected chi connectivity index (χ0v) is 16.0. The Morgan fingerprint density at radius 3 is 2.62 bits per heavy atom. The van der Waals surface area contributed by atoms with Gasteiger partial charge in [-0.2, -0.15) is 0 Å². The summed E-state index contributed by atoms with van der Waals surface area (Å²) in [7, 11) is 0. The van der Waals surface area contributed by atoms with E-state index in [9.17, 15) is 4.79 Å². The highest BCUT2D eigenvalue weighted by Crippen LogP contribution is 2.25. The molecule has 0 spiro atoms. The van der Waals surface area contributed by atoms with E-state index in [1.165, 1.54) is 11.8 Å². The summed E-state index contributed by atoms with van der Waals surface area (Å²) in [5.74, 6) is 1.58. The first kappa shape index (κ1) is 18.3. The fourth-order valence-corrected chi connectivity index (χ4v) is 3.49. The summed E-state index contributed by atoms with van der Waals surface area (Å²) in [5, 5.41) is 12.2. The molecule has 0 bridgehead atoms. The minimum Gasteiger partial charge on any atom is -0.461 e. The predicted molar refractivity (Wildman–Crippen MR) is 103 cm³/mol. The Balaban J connectivity index is 1.70. The molecule has 7 heteroatoms. The van der Waals surface area contributed by atoms with E-state index in [2.05, 4.69) is 22.4 Å². The van der Waals surface area contributed by atoms with E-state index in [1.54, 1.807) is 6.26 Å². The lowest BCUT2D eigenvalue weighted by Gasteiger charge is -2.11. The maximum atomic E-state index is 12.4. The molecule has 0 unspecified atom stereocenters. The van der Waals surface area contributed by atoms with Crippen molar-refractivity contribution in [1.29, 1.82) is 0 Å². The lowest BCUT2D eigenvalue weighted by molar-refractivity contribution is -0.113. The molecule has 3 aromatic rings. The van der Waals surface area contributed by atoms with Crippen LogP contribution in [0.15, 0.2) is 46.2 Å². The summed E-state index contributed by atoms with van der Waals surface area (Å²) in [6.07, 6.45) is 2.55. The largest absolute Gasteiger partial charge is 0.461 e. The Labute approximate surface area is 157 Å². The SMILES string of the molecule is CCCn1c(SCC(=O)Nc2c(C)cccc2C)nnc1-c1ccco1. The van der Waals surface area contributed by atoms with E-state index < -0.39 is 0 Å². The Morgan fingerprint density at radius 2 is 1.96 bits per heavy atom. The number of carbonyl (C=O) groups is 1. The molecule has 0 fully saturated rings. The van der Waals surface area contributed by atoms with E-state index >= 15 is 0 Å². The lowest BCUT2D eigenvalue weighted by Crippen LogP contribution is -2.16. The molecule has 0 aliphatic carbocycles. The maximum absolute atomic E-state index is 12.4. The predicted octanol–water partition coefficient (Wildman–Crippen LogP) is 4.30. The van der Waals surface area contributed by atoms with Crippen molar-refractivity contribution in [2.45, 2.75) is 38.9 Å². The van der Waals surface area contributed by atoms with Gasteiger partial charge in [0.25, 0.3) is 0 Å². The minimum atomic E-state index is -0.0574. The number of benzene rings is 1. The molecule has 6 nitrogen and oxygen atoms in total. The van der Waals surface area contributed by atoms with Gasteiger partial charge in [0.15, 0.2) is 16.7 Å². The normalized spacial score (nSPS) is 10.9. The molecule has 3 rings (SSSR count). The van der Waals surface area contributed by atoms with Crippen molar-refractivity contribution in [1.82, 2.24) is 14.8 Å². The summed E-state index contributed by atoms with van der Waals surface area (Å²) < 4.78 is 7.43. The first-order chi connectivity index (χ1) is 12.6. The summed E-state index contributed by atoms with van der Waals surface area (Å²) >= 11 is 1.38. The molecule has 1 N–H and O–H groups in total. The second kappa shape index (κ2) is 8.23. The van der Waals surface area contributed by atoms with E-state index in [-0.39, 0.29) is 11.7 Å². The van der Waals surface area contributed by atoms with Crippen LogP contribution in [0.25, 0.3) is 11.6 Å². The van der Waals surface area contributed by atoms with Crippen molar-refractivity contribution >= 4 is 23.4 Å². The quantitative estimate of drug-likeness (QED) is 0.628. The molecule has 0 aliphatic rings. The molecule has 136 valence electrons. The molecule has 1 amide bonds. The van der Waals surface area contributed by atoms with Crippen molar-refractivity contribution in [3.8, 4) is 11.6 Å². The maximum Gasteiger partial charge on any atom is 0.234 e. The Kier molecular flexibility index (Phi) is 5.78. The number of nitrogens with one attached hydrogen (secondary N) is 1. The summed E-state index contributed by atoms with van der Waals surface area (Å²) in [5.41, 5.74) is 2.99. The Morgan fingerprint density at radius 1 is 1.19 bits per heavy atom. The number of hydrogen-bond donors (Lipinski definition) is 1. The third kappa shape index (κ3) is 3.99. The van der Waals surface area contributed by atoms with Crippen molar-refractivity contribution in [3.63, 3.8) is 0 Å². The second-order valence-corrected chi connectivity index (χ2v) is 6.98. The Bertz CT molecular complexity index is 867. The van der Waals surface area contributed by atoms with Crippen LogP contribution in [0.3, 0.4) is 0 Å². The number of rotatable bonds is 7. The average Bonchev–Trinajstić information content (AvgIpc) is 3.26. The standard InChI is InChI=1S/C19H22N4O2S/c1-4-10-23-18(15-9-6-11-25-15)21-22-19(23)26-12-16(24)20-17-13(2)7-5-8-14(17)3/h5-9,11H,4,10,12H2,1-3H3,(H,20,24). The molecule has 26 heavy (non-hydrogen) atoms. The second-order valence-electron chi connectivity index (χ2n) is 6.04. The van der Waals surface area contributed by atoms with Crippen LogP contribution in [0.5, 0.6) is 0 Å². The number of aryl methyl sites for hydroxylation is 2. The number of para-hydroxylation sites is 1. The zero-order valence-electron chi connectivity index (χ0n) is 15.2. The number of hydrogen-bond acceptors (Lipinski definition) is 5. The highest BCUT2D eigenvalue weighted by atomic mass is 32.2.